The first-order valence-electron chi connectivity index (χ1n) is 8.51. The zero-order valence-electron chi connectivity index (χ0n) is 14.5. The third kappa shape index (κ3) is 5.42. The van der Waals surface area contributed by atoms with Crippen molar-refractivity contribution >= 4 is 17.8 Å². The quantitative estimate of drug-likeness (QED) is 0.740. The molecule has 8 heteroatoms. The van der Waals surface area contributed by atoms with Crippen LogP contribution in [0.4, 0.5) is 0 Å². The zero-order valence-corrected chi connectivity index (χ0v) is 14.5. The first kappa shape index (κ1) is 18.7. The maximum absolute atomic E-state index is 12.0. The van der Waals surface area contributed by atoms with E-state index in [1.165, 1.54) is 18.4 Å². The number of furan rings is 1. The van der Waals surface area contributed by atoms with Gasteiger partial charge in [-0.1, -0.05) is 0 Å². The average Bonchev–Trinajstić information content (AvgIpc) is 3.38. The highest BCUT2D eigenvalue weighted by Gasteiger charge is 2.17. The molecule has 1 saturated heterocycles. The van der Waals surface area contributed by atoms with Gasteiger partial charge in [0, 0.05) is 6.61 Å². The van der Waals surface area contributed by atoms with Crippen LogP contribution in [0.5, 0.6) is 5.75 Å². The van der Waals surface area contributed by atoms with Crippen LogP contribution >= 0.6 is 0 Å². The lowest BCUT2D eigenvalue weighted by Crippen LogP contribution is -2.33. The SMILES string of the molecule is O=C(COC(=O)c1ccc(OC[C@@H]2CCCO2)cc1)NC(=O)c1ccco1. The van der Waals surface area contributed by atoms with Crippen molar-refractivity contribution in [3.63, 3.8) is 0 Å². The van der Waals surface area contributed by atoms with Gasteiger partial charge in [-0.3, -0.25) is 14.9 Å². The van der Waals surface area contributed by atoms with E-state index in [1.54, 1.807) is 24.3 Å². The van der Waals surface area contributed by atoms with Crippen LogP contribution in [0.15, 0.2) is 47.1 Å². The van der Waals surface area contributed by atoms with E-state index in [4.69, 9.17) is 18.6 Å². The van der Waals surface area contributed by atoms with Gasteiger partial charge in [-0.2, -0.15) is 0 Å². The second-order valence-corrected chi connectivity index (χ2v) is 5.90. The molecule has 1 N–H and O–H groups in total. The van der Waals surface area contributed by atoms with Crippen molar-refractivity contribution < 1.29 is 33.0 Å². The Balaban J connectivity index is 1.42. The number of amides is 2. The standard InChI is InChI=1S/C19H19NO7/c21-17(20-18(22)16-4-2-10-25-16)12-27-19(23)13-5-7-14(8-6-13)26-11-15-3-1-9-24-15/h2,4-8,10,15H,1,3,9,11-12H2,(H,20,21,22)/t15-/m0/s1. The van der Waals surface area contributed by atoms with Crippen LogP contribution in [0, 0.1) is 0 Å². The van der Waals surface area contributed by atoms with Gasteiger partial charge < -0.3 is 18.6 Å². The van der Waals surface area contributed by atoms with Gasteiger partial charge in [0.2, 0.25) is 0 Å². The lowest BCUT2D eigenvalue weighted by molar-refractivity contribution is -0.123. The van der Waals surface area contributed by atoms with Gasteiger partial charge in [-0.25, -0.2) is 4.79 Å². The number of rotatable bonds is 7. The molecule has 8 nitrogen and oxygen atoms in total. The Morgan fingerprint density at radius 2 is 1.96 bits per heavy atom. The molecule has 1 atom stereocenters. The Bertz CT molecular complexity index is 777. The van der Waals surface area contributed by atoms with Crippen LogP contribution in [0.3, 0.4) is 0 Å². The number of carbonyl (C=O) groups is 3. The maximum Gasteiger partial charge on any atom is 0.338 e. The summed E-state index contributed by atoms with van der Waals surface area (Å²) in [6.45, 7) is 0.649. The molecule has 0 radical (unpaired) electrons. The molecule has 1 aromatic carbocycles. The molecular formula is C19H19NO7. The molecule has 3 rings (SSSR count). The highest BCUT2D eigenvalue weighted by molar-refractivity contribution is 6.04. The number of nitrogens with one attached hydrogen (secondary N) is 1. The number of imide groups is 1. The van der Waals surface area contributed by atoms with Crippen LogP contribution in [0.25, 0.3) is 0 Å². The van der Waals surface area contributed by atoms with Crippen LogP contribution in [-0.2, 0) is 14.3 Å². The lowest BCUT2D eigenvalue weighted by Gasteiger charge is -2.11. The van der Waals surface area contributed by atoms with E-state index in [2.05, 4.69) is 5.32 Å². The molecule has 142 valence electrons. The predicted molar refractivity (Wildman–Crippen MR) is 92.4 cm³/mol. The van der Waals surface area contributed by atoms with Crippen molar-refractivity contribution in [3.8, 4) is 5.75 Å². The fourth-order valence-corrected chi connectivity index (χ4v) is 2.50. The molecule has 1 aliphatic heterocycles. The van der Waals surface area contributed by atoms with Gasteiger partial charge in [0.05, 0.1) is 17.9 Å². The van der Waals surface area contributed by atoms with E-state index >= 15 is 0 Å². The van der Waals surface area contributed by atoms with E-state index in [1.807, 2.05) is 0 Å². The summed E-state index contributed by atoms with van der Waals surface area (Å²) in [5, 5.41) is 2.06. The second kappa shape index (κ2) is 9.00. The number of carbonyl (C=O) groups excluding carboxylic acids is 3. The molecule has 1 aliphatic rings. The summed E-state index contributed by atoms with van der Waals surface area (Å²) in [6.07, 6.45) is 3.44. The summed E-state index contributed by atoms with van der Waals surface area (Å²) in [5.74, 6) is -1.52. The van der Waals surface area contributed by atoms with Crippen LogP contribution in [-0.4, -0.2) is 43.7 Å². The summed E-state index contributed by atoms with van der Waals surface area (Å²) in [6, 6.07) is 9.31. The van der Waals surface area contributed by atoms with Crippen molar-refractivity contribution in [1.29, 1.82) is 0 Å². The Morgan fingerprint density at radius 1 is 1.15 bits per heavy atom. The van der Waals surface area contributed by atoms with E-state index in [0.717, 1.165) is 19.4 Å². The van der Waals surface area contributed by atoms with Crippen molar-refractivity contribution in [2.45, 2.75) is 18.9 Å². The van der Waals surface area contributed by atoms with Crippen LogP contribution in [0.1, 0.15) is 33.8 Å². The van der Waals surface area contributed by atoms with Crippen LogP contribution in [0.2, 0.25) is 0 Å². The second-order valence-electron chi connectivity index (χ2n) is 5.90. The number of benzene rings is 1. The summed E-state index contributed by atoms with van der Waals surface area (Å²) < 4.78 is 20.8. The van der Waals surface area contributed by atoms with E-state index < -0.39 is 24.4 Å². The Kier molecular flexibility index (Phi) is 6.22. The molecule has 2 heterocycles. The van der Waals surface area contributed by atoms with Crippen molar-refractivity contribution in [1.82, 2.24) is 5.32 Å². The molecule has 1 aromatic heterocycles. The van der Waals surface area contributed by atoms with Crippen molar-refractivity contribution in [3.05, 3.63) is 54.0 Å². The molecule has 1 fully saturated rings. The van der Waals surface area contributed by atoms with Gasteiger partial charge >= 0.3 is 5.97 Å². The monoisotopic (exact) mass is 373 g/mol. The average molecular weight is 373 g/mol. The fraction of sp³-hybridized carbons (Fsp3) is 0.316. The maximum atomic E-state index is 12.0. The molecule has 27 heavy (non-hydrogen) atoms. The minimum Gasteiger partial charge on any atom is -0.491 e. The minimum absolute atomic E-state index is 0.00623. The molecule has 0 aliphatic carbocycles. The highest BCUT2D eigenvalue weighted by Crippen LogP contribution is 2.17. The smallest absolute Gasteiger partial charge is 0.338 e. The molecule has 2 aromatic rings. The third-order valence-corrected chi connectivity index (χ3v) is 3.88. The van der Waals surface area contributed by atoms with Crippen molar-refractivity contribution in [2.75, 3.05) is 19.8 Å². The van der Waals surface area contributed by atoms with Gasteiger partial charge in [0.25, 0.3) is 11.8 Å². The van der Waals surface area contributed by atoms with E-state index in [9.17, 15) is 14.4 Å². The van der Waals surface area contributed by atoms with Gasteiger partial charge in [-0.15, -0.1) is 0 Å². The normalized spacial score (nSPS) is 15.9. The molecule has 0 unspecified atom stereocenters. The van der Waals surface area contributed by atoms with Gasteiger partial charge in [0.15, 0.2) is 12.4 Å². The van der Waals surface area contributed by atoms with Crippen molar-refractivity contribution in [2.24, 2.45) is 0 Å². The zero-order chi connectivity index (χ0) is 19.1. The minimum atomic E-state index is -0.749. The largest absolute Gasteiger partial charge is 0.491 e. The van der Waals surface area contributed by atoms with Gasteiger partial charge in [0.1, 0.15) is 12.4 Å². The predicted octanol–water partition coefficient (Wildman–Crippen LogP) is 1.95. The molecule has 0 bridgehead atoms. The first-order valence-corrected chi connectivity index (χ1v) is 8.51. The fourth-order valence-electron chi connectivity index (χ4n) is 2.50. The Hall–Kier alpha value is -3.13. The number of ether oxygens (including phenoxy) is 3. The summed E-state index contributed by atoms with van der Waals surface area (Å²) in [7, 11) is 0. The topological polar surface area (TPSA) is 104 Å². The summed E-state index contributed by atoms with van der Waals surface area (Å²) >= 11 is 0. The Labute approximate surface area is 155 Å². The lowest BCUT2D eigenvalue weighted by atomic mass is 10.2. The number of hydrogen-bond donors (Lipinski definition) is 1. The van der Waals surface area contributed by atoms with E-state index in [-0.39, 0.29) is 17.4 Å². The molecule has 0 saturated carbocycles. The number of esters is 1. The Morgan fingerprint density at radius 3 is 2.63 bits per heavy atom. The van der Waals surface area contributed by atoms with E-state index in [0.29, 0.717) is 12.4 Å². The molecule has 0 spiro atoms. The van der Waals surface area contributed by atoms with Gasteiger partial charge in [-0.05, 0) is 49.2 Å². The van der Waals surface area contributed by atoms with Crippen LogP contribution < -0.4 is 10.1 Å². The number of hydrogen-bond acceptors (Lipinski definition) is 7. The third-order valence-electron chi connectivity index (χ3n) is 3.88. The first-order chi connectivity index (χ1) is 13.1. The molecule has 2 amide bonds. The molecular weight excluding hydrogens is 354 g/mol. The summed E-state index contributed by atoms with van der Waals surface area (Å²) in [4.78, 5) is 35.3. The highest BCUT2D eigenvalue weighted by atomic mass is 16.5. The summed E-state index contributed by atoms with van der Waals surface area (Å²) in [5.41, 5.74) is 0.268.